The predicted molar refractivity (Wildman–Crippen MR) is 61.7 cm³/mol. The highest BCUT2D eigenvalue weighted by molar-refractivity contribution is 5.66. The molecule has 0 saturated carbocycles. The van der Waals surface area contributed by atoms with Gasteiger partial charge in [-0.1, -0.05) is 37.1 Å². The molecule has 0 aliphatic heterocycles. The lowest BCUT2D eigenvalue weighted by molar-refractivity contribution is -0.137. The van der Waals surface area contributed by atoms with E-state index in [1.807, 2.05) is 0 Å². The van der Waals surface area contributed by atoms with Crippen LogP contribution in [0.25, 0.3) is 0 Å². The molecule has 0 saturated heterocycles. The van der Waals surface area contributed by atoms with Crippen molar-refractivity contribution >= 4 is 5.97 Å². The van der Waals surface area contributed by atoms with Crippen molar-refractivity contribution in [2.45, 2.75) is 46.5 Å². The Morgan fingerprint density at radius 3 is 2.53 bits per heavy atom. The fourth-order valence-corrected chi connectivity index (χ4v) is 1.87. The van der Waals surface area contributed by atoms with Crippen molar-refractivity contribution in [1.29, 1.82) is 0 Å². The maximum Gasteiger partial charge on any atom is 0.303 e. The van der Waals surface area contributed by atoms with Crippen molar-refractivity contribution in [2.75, 3.05) is 0 Å². The molecule has 0 fully saturated rings. The molecule has 0 aromatic heterocycles. The van der Waals surface area contributed by atoms with Crippen LogP contribution in [0, 0.1) is 5.41 Å². The van der Waals surface area contributed by atoms with Crippen molar-refractivity contribution in [1.82, 2.24) is 0 Å². The van der Waals surface area contributed by atoms with E-state index in [2.05, 4.69) is 32.9 Å². The number of carboxylic acids is 1. The Morgan fingerprint density at radius 1 is 1.40 bits per heavy atom. The predicted octanol–water partition coefficient (Wildman–Crippen LogP) is 3.54. The first-order valence-electron chi connectivity index (χ1n) is 5.49. The summed E-state index contributed by atoms with van der Waals surface area (Å²) in [6, 6.07) is 0. The molecule has 2 nitrogen and oxygen atoms in total. The Balaban J connectivity index is 2.58. The Labute approximate surface area is 91.7 Å². The van der Waals surface area contributed by atoms with Gasteiger partial charge in [0.2, 0.25) is 0 Å². The van der Waals surface area contributed by atoms with E-state index in [0.29, 0.717) is 0 Å². The molecule has 1 aliphatic rings. The number of aliphatic carboxylic acids is 1. The van der Waals surface area contributed by atoms with Gasteiger partial charge in [0.1, 0.15) is 0 Å². The van der Waals surface area contributed by atoms with Crippen LogP contribution in [0.2, 0.25) is 0 Å². The second-order valence-corrected chi connectivity index (χ2v) is 4.97. The summed E-state index contributed by atoms with van der Waals surface area (Å²) in [6.07, 6.45) is 7.49. The molecule has 0 bridgehead atoms. The SMILES string of the molecule is CC1=CCC(C(C)(C)CCC(=O)O)=CC1. The largest absolute Gasteiger partial charge is 0.481 e. The summed E-state index contributed by atoms with van der Waals surface area (Å²) in [5, 5.41) is 8.69. The van der Waals surface area contributed by atoms with Crippen LogP contribution < -0.4 is 0 Å². The average molecular weight is 208 g/mol. The van der Waals surface area contributed by atoms with Gasteiger partial charge in [0.25, 0.3) is 0 Å². The molecule has 0 heterocycles. The summed E-state index contributed by atoms with van der Waals surface area (Å²) in [4.78, 5) is 10.5. The van der Waals surface area contributed by atoms with Crippen LogP contribution >= 0.6 is 0 Å². The first kappa shape index (κ1) is 12.0. The fraction of sp³-hybridized carbons (Fsp3) is 0.615. The first-order chi connectivity index (χ1) is 6.92. The average Bonchev–Trinajstić information content (AvgIpc) is 2.16. The Bertz CT molecular complexity index is 308. The highest BCUT2D eigenvalue weighted by Crippen LogP contribution is 2.36. The molecular weight excluding hydrogens is 188 g/mol. The minimum atomic E-state index is -0.703. The molecule has 2 heteroatoms. The van der Waals surface area contributed by atoms with Gasteiger partial charge in [-0.25, -0.2) is 0 Å². The summed E-state index contributed by atoms with van der Waals surface area (Å²) in [7, 11) is 0. The number of carboxylic acid groups (broad SMARTS) is 1. The Hall–Kier alpha value is -1.05. The Kier molecular flexibility index (Phi) is 3.72. The lowest BCUT2D eigenvalue weighted by Gasteiger charge is -2.29. The van der Waals surface area contributed by atoms with Crippen molar-refractivity contribution in [2.24, 2.45) is 5.41 Å². The normalized spacial score (nSPS) is 17.0. The van der Waals surface area contributed by atoms with Gasteiger partial charge in [0.15, 0.2) is 0 Å². The van der Waals surface area contributed by atoms with Gasteiger partial charge in [0.05, 0.1) is 0 Å². The van der Waals surface area contributed by atoms with Crippen LogP contribution in [0.4, 0.5) is 0 Å². The quantitative estimate of drug-likeness (QED) is 0.717. The lowest BCUT2D eigenvalue weighted by atomic mass is 9.76. The van der Waals surface area contributed by atoms with E-state index in [9.17, 15) is 4.79 Å². The summed E-state index contributed by atoms with van der Waals surface area (Å²) < 4.78 is 0. The van der Waals surface area contributed by atoms with E-state index in [-0.39, 0.29) is 11.8 Å². The van der Waals surface area contributed by atoms with Crippen molar-refractivity contribution in [3.8, 4) is 0 Å². The molecule has 0 radical (unpaired) electrons. The molecule has 1 aliphatic carbocycles. The van der Waals surface area contributed by atoms with Gasteiger partial charge < -0.3 is 5.11 Å². The summed E-state index contributed by atoms with van der Waals surface area (Å²) in [5.74, 6) is -0.703. The van der Waals surface area contributed by atoms with Gasteiger partial charge in [-0.2, -0.15) is 0 Å². The van der Waals surface area contributed by atoms with Gasteiger partial charge in [-0.15, -0.1) is 0 Å². The molecule has 15 heavy (non-hydrogen) atoms. The van der Waals surface area contributed by atoms with Crippen molar-refractivity contribution < 1.29 is 9.90 Å². The van der Waals surface area contributed by atoms with Crippen LogP contribution in [0.3, 0.4) is 0 Å². The van der Waals surface area contributed by atoms with E-state index < -0.39 is 5.97 Å². The second kappa shape index (κ2) is 4.65. The Morgan fingerprint density at radius 2 is 2.07 bits per heavy atom. The molecule has 0 unspecified atom stereocenters. The first-order valence-corrected chi connectivity index (χ1v) is 5.49. The van der Waals surface area contributed by atoms with E-state index in [4.69, 9.17) is 5.11 Å². The molecule has 1 rings (SSSR count). The van der Waals surface area contributed by atoms with Gasteiger partial charge in [-0.05, 0) is 31.6 Å². The number of rotatable bonds is 4. The van der Waals surface area contributed by atoms with Gasteiger partial charge in [-0.3, -0.25) is 4.79 Å². The van der Waals surface area contributed by atoms with Crippen LogP contribution in [0.5, 0.6) is 0 Å². The number of hydrogen-bond acceptors (Lipinski definition) is 1. The maximum absolute atomic E-state index is 10.5. The van der Waals surface area contributed by atoms with Crippen molar-refractivity contribution in [3.63, 3.8) is 0 Å². The van der Waals surface area contributed by atoms with Gasteiger partial charge in [0, 0.05) is 6.42 Å². The number of carbonyl (C=O) groups is 1. The monoisotopic (exact) mass is 208 g/mol. The topological polar surface area (TPSA) is 37.3 Å². The van der Waals surface area contributed by atoms with E-state index in [0.717, 1.165) is 19.3 Å². The summed E-state index contributed by atoms with van der Waals surface area (Å²) in [6.45, 7) is 6.41. The molecule has 0 atom stereocenters. The minimum absolute atomic E-state index is 0.0234. The molecule has 0 aromatic rings. The fourth-order valence-electron chi connectivity index (χ4n) is 1.87. The van der Waals surface area contributed by atoms with Crippen LogP contribution in [-0.4, -0.2) is 11.1 Å². The third kappa shape index (κ3) is 3.54. The van der Waals surface area contributed by atoms with Gasteiger partial charge >= 0.3 is 5.97 Å². The molecule has 1 N–H and O–H groups in total. The zero-order valence-corrected chi connectivity index (χ0v) is 9.84. The van der Waals surface area contributed by atoms with Crippen molar-refractivity contribution in [3.05, 3.63) is 23.3 Å². The molecule has 84 valence electrons. The zero-order chi connectivity index (χ0) is 11.5. The summed E-state index contributed by atoms with van der Waals surface area (Å²) in [5.41, 5.74) is 2.82. The highest BCUT2D eigenvalue weighted by Gasteiger charge is 2.24. The number of allylic oxidation sites excluding steroid dienone is 4. The molecular formula is C13H20O2. The third-order valence-corrected chi connectivity index (χ3v) is 3.17. The van der Waals surface area contributed by atoms with Crippen LogP contribution in [0.15, 0.2) is 23.3 Å². The second-order valence-electron chi connectivity index (χ2n) is 4.97. The lowest BCUT2D eigenvalue weighted by Crippen LogP contribution is -2.17. The smallest absolute Gasteiger partial charge is 0.303 e. The highest BCUT2D eigenvalue weighted by atomic mass is 16.4. The third-order valence-electron chi connectivity index (χ3n) is 3.17. The van der Waals surface area contributed by atoms with E-state index in [1.54, 1.807) is 0 Å². The zero-order valence-electron chi connectivity index (χ0n) is 9.84. The minimum Gasteiger partial charge on any atom is -0.481 e. The molecule has 0 aromatic carbocycles. The molecule has 0 amide bonds. The standard InChI is InChI=1S/C13H20O2/c1-10-4-6-11(7-5-10)13(2,3)9-8-12(14)15/h4,7H,5-6,8-9H2,1-3H3,(H,14,15). The van der Waals surface area contributed by atoms with Crippen LogP contribution in [0.1, 0.15) is 46.5 Å². The number of hydrogen-bond donors (Lipinski definition) is 1. The summed E-state index contributed by atoms with van der Waals surface area (Å²) >= 11 is 0. The maximum atomic E-state index is 10.5. The molecule has 0 spiro atoms. The van der Waals surface area contributed by atoms with E-state index >= 15 is 0 Å². The van der Waals surface area contributed by atoms with E-state index in [1.165, 1.54) is 11.1 Å². The van der Waals surface area contributed by atoms with Crippen LogP contribution in [-0.2, 0) is 4.79 Å².